The Morgan fingerprint density at radius 2 is 2.19 bits per heavy atom. The molecule has 2 unspecified atom stereocenters. The first-order valence-corrected chi connectivity index (χ1v) is 8.19. The van der Waals surface area contributed by atoms with Crippen molar-refractivity contribution in [3.05, 3.63) is 34.3 Å². The standard InChI is InChI=1S/C16H21BrN2O.ClH/c1-11-10-18-8-5-14(11)19-15(20)16(6-7-16)12-3-2-4-13(17)9-12;/h2-4,9,11,14,18H,5-8,10H2,1H3,(H,19,20);1H. The molecule has 21 heavy (non-hydrogen) atoms. The van der Waals surface area contributed by atoms with E-state index < -0.39 is 0 Å². The monoisotopic (exact) mass is 372 g/mol. The van der Waals surface area contributed by atoms with Crippen molar-refractivity contribution >= 4 is 34.2 Å². The molecular formula is C16H22BrClN2O. The third kappa shape index (κ3) is 3.43. The van der Waals surface area contributed by atoms with Crippen LogP contribution in [0.3, 0.4) is 0 Å². The van der Waals surface area contributed by atoms with Crippen molar-refractivity contribution in [3.63, 3.8) is 0 Å². The summed E-state index contributed by atoms with van der Waals surface area (Å²) in [4.78, 5) is 12.7. The van der Waals surface area contributed by atoms with Crippen LogP contribution in [0.4, 0.5) is 0 Å². The molecule has 1 saturated carbocycles. The van der Waals surface area contributed by atoms with Crippen LogP contribution >= 0.6 is 28.3 Å². The Hall–Kier alpha value is -0.580. The van der Waals surface area contributed by atoms with Crippen molar-refractivity contribution < 1.29 is 4.79 Å². The van der Waals surface area contributed by atoms with Gasteiger partial charge in [-0.1, -0.05) is 35.0 Å². The van der Waals surface area contributed by atoms with Crippen molar-refractivity contribution in [2.75, 3.05) is 13.1 Å². The second-order valence-electron chi connectivity index (χ2n) is 6.14. The Labute approximate surface area is 140 Å². The van der Waals surface area contributed by atoms with Gasteiger partial charge in [-0.2, -0.15) is 0 Å². The number of piperidine rings is 1. The van der Waals surface area contributed by atoms with Gasteiger partial charge in [0.1, 0.15) is 0 Å². The number of benzene rings is 1. The quantitative estimate of drug-likeness (QED) is 0.855. The zero-order valence-corrected chi connectivity index (χ0v) is 14.6. The van der Waals surface area contributed by atoms with Gasteiger partial charge in [-0.25, -0.2) is 0 Å². The lowest BCUT2D eigenvalue weighted by Gasteiger charge is -2.31. The minimum Gasteiger partial charge on any atom is -0.352 e. The Balaban J connectivity index is 0.00000161. The van der Waals surface area contributed by atoms with Gasteiger partial charge in [0, 0.05) is 10.5 Å². The molecular weight excluding hydrogens is 352 g/mol. The molecule has 2 aliphatic rings. The number of amides is 1. The van der Waals surface area contributed by atoms with E-state index in [0.717, 1.165) is 42.4 Å². The molecule has 1 amide bonds. The molecule has 1 aromatic carbocycles. The zero-order chi connectivity index (χ0) is 14.2. The largest absolute Gasteiger partial charge is 0.352 e. The lowest BCUT2D eigenvalue weighted by Crippen LogP contribution is -2.50. The highest BCUT2D eigenvalue weighted by molar-refractivity contribution is 9.10. The molecule has 1 aliphatic heterocycles. The van der Waals surface area contributed by atoms with E-state index in [1.807, 2.05) is 12.1 Å². The van der Waals surface area contributed by atoms with Crippen LogP contribution in [-0.2, 0) is 10.2 Å². The summed E-state index contributed by atoms with van der Waals surface area (Å²) in [6.45, 7) is 4.20. The zero-order valence-electron chi connectivity index (χ0n) is 12.2. The topological polar surface area (TPSA) is 41.1 Å². The fourth-order valence-electron chi connectivity index (χ4n) is 3.09. The number of carbonyl (C=O) groups is 1. The SMILES string of the molecule is CC1CNCCC1NC(=O)C1(c2cccc(Br)c2)CC1.Cl. The smallest absolute Gasteiger partial charge is 0.230 e. The fraction of sp³-hybridized carbons (Fsp3) is 0.562. The molecule has 1 aromatic rings. The van der Waals surface area contributed by atoms with E-state index in [0.29, 0.717) is 12.0 Å². The van der Waals surface area contributed by atoms with Gasteiger partial charge in [0.05, 0.1) is 5.41 Å². The molecule has 3 nitrogen and oxygen atoms in total. The Kier molecular flexibility index (Phi) is 5.33. The Morgan fingerprint density at radius 3 is 2.81 bits per heavy atom. The maximum absolute atomic E-state index is 12.7. The Bertz CT molecular complexity index is 519. The first-order valence-electron chi connectivity index (χ1n) is 7.39. The summed E-state index contributed by atoms with van der Waals surface area (Å²) in [6.07, 6.45) is 2.96. The number of nitrogens with one attached hydrogen (secondary N) is 2. The second kappa shape index (κ2) is 6.67. The van der Waals surface area contributed by atoms with Gasteiger partial charge in [0.25, 0.3) is 0 Å². The fourth-order valence-corrected chi connectivity index (χ4v) is 3.49. The molecule has 1 heterocycles. The van der Waals surface area contributed by atoms with Crippen LogP contribution in [0.2, 0.25) is 0 Å². The van der Waals surface area contributed by atoms with E-state index in [2.05, 4.69) is 45.6 Å². The summed E-state index contributed by atoms with van der Waals surface area (Å²) in [6, 6.07) is 8.49. The van der Waals surface area contributed by atoms with Crippen LogP contribution in [0.15, 0.2) is 28.7 Å². The number of carbonyl (C=O) groups excluding carboxylic acids is 1. The molecule has 2 fully saturated rings. The number of hydrogen-bond acceptors (Lipinski definition) is 2. The molecule has 1 saturated heterocycles. The van der Waals surface area contributed by atoms with E-state index in [4.69, 9.17) is 0 Å². The van der Waals surface area contributed by atoms with Crippen molar-refractivity contribution in [1.29, 1.82) is 0 Å². The summed E-state index contributed by atoms with van der Waals surface area (Å²) < 4.78 is 1.05. The Morgan fingerprint density at radius 1 is 1.43 bits per heavy atom. The van der Waals surface area contributed by atoms with E-state index in [9.17, 15) is 4.79 Å². The minimum atomic E-state index is -0.269. The van der Waals surface area contributed by atoms with Gasteiger partial charge in [0.2, 0.25) is 5.91 Å². The van der Waals surface area contributed by atoms with Crippen molar-refractivity contribution in [1.82, 2.24) is 10.6 Å². The summed E-state index contributed by atoms with van der Waals surface area (Å²) in [5, 5.41) is 6.67. The van der Waals surface area contributed by atoms with E-state index in [1.165, 1.54) is 0 Å². The van der Waals surface area contributed by atoms with Crippen LogP contribution in [0.5, 0.6) is 0 Å². The van der Waals surface area contributed by atoms with Gasteiger partial charge < -0.3 is 10.6 Å². The lowest BCUT2D eigenvalue weighted by molar-refractivity contribution is -0.124. The highest BCUT2D eigenvalue weighted by Crippen LogP contribution is 2.49. The lowest BCUT2D eigenvalue weighted by atomic mass is 9.91. The second-order valence-corrected chi connectivity index (χ2v) is 7.06. The number of rotatable bonds is 3. The predicted octanol–water partition coefficient (Wildman–Crippen LogP) is 3.02. The van der Waals surface area contributed by atoms with Crippen LogP contribution in [0.1, 0.15) is 31.7 Å². The average molecular weight is 374 g/mol. The molecule has 2 atom stereocenters. The third-order valence-electron chi connectivity index (χ3n) is 4.66. The van der Waals surface area contributed by atoms with Crippen LogP contribution in [0.25, 0.3) is 0 Å². The average Bonchev–Trinajstić information content (AvgIpc) is 3.23. The van der Waals surface area contributed by atoms with Crippen molar-refractivity contribution in [2.24, 2.45) is 5.92 Å². The summed E-state index contributed by atoms with van der Waals surface area (Å²) >= 11 is 3.50. The van der Waals surface area contributed by atoms with Crippen LogP contribution in [-0.4, -0.2) is 25.0 Å². The van der Waals surface area contributed by atoms with Crippen LogP contribution in [0, 0.1) is 5.92 Å². The van der Waals surface area contributed by atoms with Gasteiger partial charge in [-0.15, -0.1) is 12.4 Å². The highest BCUT2D eigenvalue weighted by atomic mass is 79.9. The third-order valence-corrected chi connectivity index (χ3v) is 5.16. The van der Waals surface area contributed by atoms with E-state index in [-0.39, 0.29) is 23.7 Å². The maximum Gasteiger partial charge on any atom is 0.230 e. The summed E-state index contributed by atoms with van der Waals surface area (Å²) in [7, 11) is 0. The van der Waals surface area contributed by atoms with E-state index >= 15 is 0 Å². The number of hydrogen-bond donors (Lipinski definition) is 2. The molecule has 0 bridgehead atoms. The van der Waals surface area contributed by atoms with Crippen LogP contribution < -0.4 is 10.6 Å². The summed E-state index contributed by atoms with van der Waals surface area (Å²) in [5.41, 5.74) is 0.875. The van der Waals surface area contributed by atoms with E-state index in [1.54, 1.807) is 0 Å². The first kappa shape index (κ1) is 16.8. The van der Waals surface area contributed by atoms with Gasteiger partial charge in [0.15, 0.2) is 0 Å². The highest BCUT2D eigenvalue weighted by Gasteiger charge is 2.51. The molecule has 3 rings (SSSR count). The molecule has 1 aliphatic carbocycles. The molecule has 0 spiro atoms. The maximum atomic E-state index is 12.7. The molecule has 0 radical (unpaired) electrons. The van der Waals surface area contributed by atoms with Crippen molar-refractivity contribution in [2.45, 2.75) is 37.6 Å². The molecule has 0 aromatic heterocycles. The van der Waals surface area contributed by atoms with Gasteiger partial charge in [-0.05, 0) is 56.0 Å². The number of halogens is 2. The van der Waals surface area contributed by atoms with Gasteiger partial charge >= 0.3 is 0 Å². The molecule has 5 heteroatoms. The summed E-state index contributed by atoms with van der Waals surface area (Å²) in [5.74, 6) is 0.723. The molecule has 116 valence electrons. The van der Waals surface area contributed by atoms with Gasteiger partial charge in [-0.3, -0.25) is 4.79 Å². The normalized spacial score (nSPS) is 26.6. The molecule has 2 N–H and O–H groups in total. The minimum absolute atomic E-state index is 0. The van der Waals surface area contributed by atoms with Crippen molar-refractivity contribution in [3.8, 4) is 0 Å². The first-order chi connectivity index (χ1) is 9.62. The predicted molar refractivity (Wildman–Crippen MR) is 90.9 cm³/mol.